The first-order valence-electron chi connectivity index (χ1n) is 8.82. The number of benzene rings is 1. The second-order valence-electron chi connectivity index (χ2n) is 6.52. The normalized spacial score (nSPS) is 15.3. The molecule has 3 heterocycles. The molecule has 0 spiro atoms. The molecule has 0 atom stereocenters. The van der Waals surface area contributed by atoms with Crippen molar-refractivity contribution in [1.82, 2.24) is 29.5 Å². The fourth-order valence-electron chi connectivity index (χ4n) is 2.73. The Bertz CT molecular complexity index is 1400. The third-order valence-electron chi connectivity index (χ3n) is 4.28. The Morgan fingerprint density at radius 2 is 2.10 bits per heavy atom. The van der Waals surface area contributed by atoms with Crippen LogP contribution in [0.3, 0.4) is 0 Å². The van der Waals surface area contributed by atoms with E-state index in [-0.39, 0.29) is 23.6 Å². The van der Waals surface area contributed by atoms with Crippen LogP contribution in [-0.4, -0.2) is 40.7 Å². The van der Waals surface area contributed by atoms with E-state index in [1.807, 2.05) is 0 Å². The fourth-order valence-corrected chi connectivity index (χ4v) is 2.91. The molecule has 1 aliphatic carbocycles. The lowest BCUT2D eigenvalue weighted by Crippen LogP contribution is -2.23. The second kappa shape index (κ2) is 6.74. The summed E-state index contributed by atoms with van der Waals surface area (Å²) in [4.78, 5) is 29.5. The molecular weight excluding hydrogens is 398 g/mol. The van der Waals surface area contributed by atoms with Crippen molar-refractivity contribution in [1.29, 1.82) is 0 Å². The molecular formula is C18H14ClN7O3. The summed E-state index contributed by atoms with van der Waals surface area (Å²) in [5, 5.41) is 15.1. The maximum Gasteiger partial charge on any atom is 0.327 e. The first-order valence-corrected chi connectivity index (χ1v) is 9.19. The number of ether oxygens (including phenoxy) is 1. The van der Waals surface area contributed by atoms with Gasteiger partial charge >= 0.3 is 11.7 Å². The van der Waals surface area contributed by atoms with Crippen molar-refractivity contribution >= 4 is 23.3 Å². The van der Waals surface area contributed by atoms with E-state index in [0.29, 0.717) is 27.3 Å². The second-order valence-corrected chi connectivity index (χ2v) is 6.93. The number of aromatic nitrogens is 6. The first-order chi connectivity index (χ1) is 14.1. The highest BCUT2D eigenvalue weighted by Crippen LogP contribution is 2.26. The van der Waals surface area contributed by atoms with Gasteiger partial charge in [-0.15, -0.1) is 0 Å². The average Bonchev–Trinajstić information content (AvgIpc) is 3.33. The standard InChI is InChI=1S/C18H14ClN7O3/c19-11-3-1-2-4-13(11)29-18-23-14-9(7-12-15(27)24-17(28)22-12)8-20-26(14)16(25-18)21-10-5-6-10/h1-4,7-8,10,27H,5-6H2,(H2,22,24,28). The van der Waals surface area contributed by atoms with Crippen molar-refractivity contribution in [2.24, 2.45) is 4.99 Å². The predicted octanol–water partition coefficient (Wildman–Crippen LogP) is 0.903. The molecule has 0 saturated heterocycles. The summed E-state index contributed by atoms with van der Waals surface area (Å²) >= 11 is 6.17. The van der Waals surface area contributed by atoms with Crippen LogP contribution in [0.4, 0.5) is 0 Å². The molecule has 29 heavy (non-hydrogen) atoms. The van der Waals surface area contributed by atoms with E-state index in [1.165, 1.54) is 4.52 Å². The summed E-state index contributed by atoms with van der Waals surface area (Å²) in [6.07, 6.45) is 5.07. The van der Waals surface area contributed by atoms with E-state index >= 15 is 0 Å². The van der Waals surface area contributed by atoms with Gasteiger partial charge in [-0.3, -0.25) is 4.98 Å². The van der Waals surface area contributed by atoms with Crippen LogP contribution in [-0.2, 0) is 0 Å². The maximum absolute atomic E-state index is 11.4. The van der Waals surface area contributed by atoms with Gasteiger partial charge in [-0.1, -0.05) is 23.7 Å². The van der Waals surface area contributed by atoms with Crippen LogP contribution in [0.15, 0.2) is 40.2 Å². The molecule has 1 saturated carbocycles. The van der Waals surface area contributed by atoms with Crippen LogP contribution in [0.1, 0.15) is 18.5 Å². The highest BCUT2D eigenvalue weighted by Gasteiger charge is 2.21. The van der Waals surface area contributed by atoms with Crippen LogP contribution in [0.25, 0.3) is 11.7 Å². The maximum atomic E-state index is 11.4. The van der Waals surface area contributed by atoms with Gasteiger partial charge in [0, 0.05) is 5.22 Å². The van der Waals surface area contributed by atoms with Gasteiger partial charge < -0.3 is 14.8 Å². The van der Waals surface area contributed by atoms with Gasteiger partial charge in [-0.25, -0.2) is 9.79 Å². The lowest BCUT2D eigenvalue weighted by atomic mass is 10.3. The van der Waals surface area contributed by atoms with E-state index in [1.54, 1.807) is 36.5 Å². The van der Waals surface area contributed by atoms with Gasteiger partial charge in [-0.05, 0) is 31.1 Å². The number of aromatic amines is 2. The lowest BCUT2D eigenvalue weighted by Gasteiger charge is -2.05. The molecule has 0 unspecified atom stereocenters. The minimum atomic E-state index is -0.521. The first kappa shape index (κ1) is 17.4. The third kappa shape index (κ3) is 3.45. The summed E-state index contributed by atoms with van der Waals surface area (Å²) < 4.78 is 7.27. The third-order valence-corrected chi connectivity index (χ3v) is 4.59. The van der Waals surface area contributed by atoms with Gasteiger partial charge in [0.2, 0.25) is 5.88 Å². The van der Waals surface area contributed by atoms with Crippen molar-refractivity contribution in [3.8, 4) is 17.6 Å². The molecule has 0 bridgehead atoms. The van der Waals surface area contributed by atoms with E-state index in [2.05, 4.69) is 30.0 Å². The van der Waals surface area contributed by atoms with Crippen molar-refractivity contribution in [2.45, 2.75) is 18.9 Å². The molecule has 10 nitrogen and oxygen atoms in total. The number of para-hydroxylation sites is 1. The molecule has 0 aliphatic heterocycles. The van der Waals surface area contributed by atoms with Crippen LogP contribution in [0.5, 0.6) is 17.6 Å². The number of halogens is 1. The minimum Gasteiger partial charge on any atom is -0.493 e. The van der Waals surface area contributed by atoms with Gasteiger partial charge in [0.05, 0.1) is 17.3 Å². The monoisotopic (exact) mass is 411 g/mol. The van der Waals surface area contributed by atoms with Crippen LogP contribution in [0, 0.1) is 0 Å². The van der Waals surface area contributed by atoms with Gasteiger partial charge in [0.1, 0.15) is 11.4 Å². The van der Waals surface area contributed by atoms with Crippen molar-refractivity contribution < 1.29 is 9.84 Å². The summed E-state index contributed by atoms with van der Waals surface area (Å²) in [6.45, 7) is 0. The van der Waals surface area contributed by atoms with E-state index < -0.39 is 5.69 Å². The summed E-state index contributed by atoms with van der Waals surface area (Å²) in [6, 6.07) is 7.25. The molecule has 3 N–H and O–H groups in total. The highest BCUT2D eigenvalue weighted by atomic mass is 35.5. The summed E-state index contributed by atoms with van der Waals surface area (Å²) in [5.74, 6) is 0.132. The Kier molecular flexibility index (Phi) is 4.06. The number of nitrogens with zero attached hydrogens (tertiary/aromatic N) is 5. The number of hydrogen-bond donors (Lipinski definition) is 3. The van der Waals surface area contributed by atoms with E-state index in [9.17, 15) is 9.90 Å². The number of fused-ring (bicyclic) bond motifs is 1. The van der Waals surface area contributed by atoms with E-state index in [4.69, 9.17) is 16.3 Å². The smallest absolute Gasteiger partial charge is 0.327 e. The van der Waals surface area contributed by atoms with E-state index in [0.717, 1.165) is 12.8 Å². The molecule has 146 valence electrons. The predicted molar refractivity (Wildman–Crippen MR) is 103 cm³/mol. The molecule has 4 aromatic rings. The lowest BCUT2D eigenvalue weighted by molar-refractivity contribution is 0.436. The number of rotatable bonds is 4. The van der Waals surface area contributed by atoms with Crippen LogP contribution >= 0.6 is 11.6 Å². The largest absolute Gasteiger partial charge is 0.493 e. The van der Waals surface area contributed by atoms with Crippen molar-refractivity contribution in [3.05, 3.63) is 62.5 Å². The Hall–Kier alpha value is -3.66. The average molecular weight is 412 g/mol. The number of H-pyrrole nitrogens is 2. The molecule has 1 aliphatic rings. The zero-order chi connectivity index (χ0) is 20.0. The fraction of sp³-hybridized carbons (Fsp3) is 0.167. The zero-order valence-corrected chi connectivity index (χ0v) is 15.6. The van der Waals surface area contributed by atoms with Gasteiger partial charge in [0.15, 0.2) is 5.65 Å². The Morgan fingerprint density at radius 3 is 2.83 bits per heavy atom. The van der Waals surface area contributed by atoms with Gasteiger partial charge in [-0.2, -0.15) is 19.6 Å². The molecule has 1 aromatic carbocycles. The number of imidazole rings is 1. The minimum absolute atomic E-state index is 0.0620. The summed E-state index contributed by atoms with van der Waals surface area (Å²) in [7, 11) is 0. The highest BCUT2D eigenvalue weighted by molar-refractivity contribution is 6.32. The molecule has 11 heteroatoms. The van der Waals surface area contributed by atoms with Crippen LogP contribution < -0.4 is 21.3 Å². The Labute approximate surface area is 167 Å². The van der Waals surface area contributed by atoms with Crippen molar-refractivity contribution in [2.75, 3.05) is 0 Å². The number of nitrogens with one attached hydrogen (secondary N) is 2. The molecule has 0 radical (unpaired) electrons. The molecule has 0 amide bonds. The number of hydrogen-bond acceptors (Lipinski definition) is 7. The topological polar surface area (TPSA) is 134 Å². The Balaban J connectivity index is 1.70. The molecule has 3 aromatic heterocycles. The quantitative estimate of drug-likeness (QED) is 0.457. The SMILES string of the molecule is O=c1[nH]c(O)c(C=c2cnn3c(=NC4CC4)nc(Oc4ccccc4Cl)nc23)[nH]1. The molecule has 5 rings (SSSR count). The zero-order valence-electron chi connectivity index (χ0n) is 14.8. The molecule has 1 fully saturated rings. The van der Waals surface area contributed by atoms with Gasteiger partial charge in [0.25, 0.3) is 5.62 Å². The van der Waals surface area contributed by atoms with Crippen LogP contribution in [0.2, 0.25) is 5.02 Å². The number of aromatic hydroxyl groups is 1. The van der Waals surface area contributed by atoms with Crippen molar-refractivity contribution in [3.63, 3.8) is 0 Å². The Morgan fingerprint density at radius 1 is 1.28 bits per heavy atom. The summed E-state index contributed by atoms with van der Waals surface area (Å²) in [5.41, 5.74) is 0.443.